The Balaban J connectivity index is 2.86. The summed E-state index contributed by atoms with van der Waals surface area (Å²) in [6.07, 6.45) is 1.41. The average Bonchev–Trinajstić information content (AvgIpc) is 2.55. The van der Waals surface area contributed by atoms with Crippen molar-refractivity contribution in [3.05, 3.63) is 41.2 Å². The first-order valence-corrected chi connectivity index (χ1v) is 3.08. The van der Waals surface area contributed by atoms with Crippen molar-refractivity contribution in [2.45, 2.75) is 0 Å². The largest absolute Gasteiger partial charge is 0.464 e. The number of nitrogens with zero attached hydrogens (tertiary/aromatic N) is 3. The Hall–Kier alpha value is -2.00. The molecule has 5 nitrogen and oxygen atoms in total. The molecule has 1 rings (SSSR count). The lowest BCUT2D eigenvalue weighted by Gasteiger charge is -1.92. The van der Waals surface area contributed by atoms with Crippen molar-refractivity contribution in [3.63, 3.8) is 0 Å². The lowest BCUT2D eigenvalue weighted by Crippen LogP contribution is -1.93. The van der Waals surface area contributed by atoms with Gasteiger partial charge in [-0.25, -0.2) is 0 Å². The van der Waals surface area contributed by atoms with Gasteiger partial charge >= 0.3 is 0 Å². The quantitative estimate of drug-likeness (QED) is 0.289. The molecule has 60 valence electrons. The van der Waals surface area contributed by atoms with Gasteiger partial charge in [0.15, 0.2) is 0 Å². The summed E-state index contributed by atoms with van der Waals surface area (Å²) in [5.41, 5.74) is 8.00. The van der Waals surface area contributed by atoms with Crippen molar-refractivity contribution in [2.24, 2.45) is 5.11 Å². The van der Waals surface area contributed by atoms with Gasteiger partial charge < -0.3 is 4.42 Å². The number of hydrogen-bond donors (Lipinski definition) is 0. The van der Waals surface area contributed by atoms with Crippen LogP contribution in [0.4, 0.5) is 0 Å². The van der Waals surface area contributed by atoms with Crippen LogP contribution in [0, 0.1) is 0 Å². The van der Waals surface area contributed by atoms with Gasteiger partial charge in [0.05, 0.1) is 11.8 Å². The number of azide groups is 1. The minimum Gasteiger partial charge on any atom is -0.464 e. The van der Waals surface area contributed by atoms with Crippen LogP contribution in [0.2, 0.25) is 0 Å². The summed E-state index contributed by atoms with van der Waals surface area (Å²) in [6, 6.07) is 3.18. The molecule has 1 aromatic rings. The minimum atomic E-state index is -0.729. The van der Waals surface area contributed by atoms with E-state index in [9.17, 15) is 4.79 Å². The smallest absolute Gasteiger partial charge is 0.252 e. The van der Waals surface area contributed by atoms with E-state index in [4.69, 9.17) is 9.95 Å². The number of hydrogen-bond acceptors (Lipinski definition) is 2. The van der Waals surface area contributed by atoms with Gasteiger partial charge in [0, 0.05) is 4.91 Å². The van der Waals surface area contributed by atoms with E-state index >= 15 is 0 Å². The highest BCUT2D eigenvalue weighted by Gasteiger charge is 2.08. The second kappa shape index (κ2) is 3.41. The summed E-state index contributed by atoms with van der Waals surface area (Å²) in [7, 11) is 0. The molecule has 0 aromatic carbocycles. The van der Waals surface area contributed by atoms with Crippen molar-refractivity contribution < 1.29 is 9.21 Å². The molecule has 0 saturated carbocycles. The Morgan fingerprint density at radius 2 is 2.50 bits per heavy atom. The Labute approximate surface area is 67.9 Å². The van der Waals surface area contributed by atoms with Gasteiger partial charge in [0.1, 0.15) is 5.76 Å². The van der Waals surface area contributed by atoms with Crippen LogP contribution in [0.15, 0.2) is 34.5 Å². The lowest BCUT2D eigenvalue weighted by molar-refractivity contribution is -0.112. The van der Waals surface area contributed by atoms with E-state index in [-0.39, 0.29) is 5.57 Å². The van der Waals surface area contributed by atoms with E-state index in [1.54, 1.807) is 12.1 Å². The Morgan fingerprint density at radius 3 is 3.00 bits per heavy atom. The SMILES string of the molecule is C=C(C(=O)N=[N+]=[N-])c1ccco1. The van der Waals surface area contributed by atoms with E-state index in [1.807, 2.05) is 0 Å². The van der Waals surface area contributed by atoms with E-state index in [1.165, 1.54) is 6.26 Å². The summed E-state index contributed by atoms with van der Waals surface area (Å²) >= 11 is 0. The number of furan rings is 1. The first-order valence-electron chi connectivity index (χ1n) is 3.08. The summed E-state index contributed by atoms with van der Waals surface area (Å²) in [6.45, 7) is 3.41. The Morgan fingerprint density at radius 1 is 1.75 bits per heavy atom. The second-order valence-electron chi connectivity index (χ2n) is 1.95. The lowest BCUT2D eigenvalue weighted by atomic mass is 10.2. The Bertz CT molecular complexity index is 347. The van der Waals surface area contributed by atoms with Crippen LogP contribution in [-0.4, -0.2) is 5.91 Å². The van der Waals surface area contributed by atoms with Gasteiger partial charge in [-0.05, 0) is 22.8 Å². The van der Waals surface area contributed by atoms with Crippen LogP contribution >= 0.6 is 0 Å². The van der Waals surface area contributed by atoms with E-state index < -0.39 is 5.91 Å². The topological polar surface area (TPSA) is 79.0 Å². The van der Waals surface area contributed by atoms with E-state index in [0.717, 1.165) is 0 Å². The molecule has 0 N–H and O–H groups in total. The molecule has 0 fully saturated rings. The fraction of sp³-hybridized carbons (Fsp3) is 0. The highest BCUT2D eigenvalue weighted by molar-refractivity contribution is 6.18. The molecule has 0 radical (unpaired) electrons. The molecule has 0 saturated heterocycles. The van der Waals surface area contributed by atoms with Crippen LogP contribution in [0.25, 0.3) is 16.0 Å². The minimum absolute atomic E-state index is 0.0535. The molecule has 0 aliphatic heterocycles. The highest BCUT2D eigenvalue weighted by atomic mass is 16.3. The number of rotatable bonds is 2. The number of amides is 1. The van der Waals surface area contributed by atoms with E-state index in [2.05, 4.69) is 16.6 Å². The third-order valence-electron chi connectivity index (χ3n) is 1.21. The van der Waals surface area contributed by atoms with Gasteiger partial charge in [0.25, 0.3) is 5.91 Å². The highest BCUT2D eigenvalue weighted by Crippen LogP contribution is 2.13. The predicted molar refractivity (Wildman–Crippen MR) is 41.9 cm³/mol. The number of carbonyl (C=O) groups excluding carboxylic acids is 1. The summed E-state index contributed by atoms with van der Waals surface area (Å²) in [5.74, 6) is -0.417. The average molecular weight is 163 g/mol. The fourth-order valence-electron chi connectivity index (χ4n) is 0.657. The zero-order valence-corrected chi connectivity index (χ0v) is 6.10. The van der Waals surface area contributed by atoms with Crippen molar-refractivity contribution in [1.29, 1.82) is 0 Å². The molecule has 5 heteroatoms. The van der Waals surface area contributed by atoms with Crippen molar-refractivity contribution >= 4 is 11.5 Å². The molecule has 0 bridgehead atoms. The second-order valence-corrected chi connectivity index (χ2v) is 1.95. The van der Waals surface area contributed by atoms with Crippen molar-refractivity contribution in [1.82, 2.24) is 0 Å². The molecule has 0 unspecified atom stereocenters. The monoisotopic (exact) mass is 163 g/mol. The van der Waals surface area contributed by atoms with Crippen LogP contribution in [0.1, 0.15) is 5.76 Å². The molecule has 12 heavy (non-hydrogen) atoms. The molecule has 0 aliphatic rings. The zero-order chi connectivity index (χ0) is 8.97. The molecular formula is C7H5N3O2. The molecule has 1 heterocycles. The van der Waals surface area contributed by atoms with Crippen LogP contribution in [0.5, 0.6) is 0 Å². The standard InChI is InChI=1S/C7H5N3O2/c1-5(7(11)9-10-8)6-3-2-4-12-6/h2-4H,1H2. The fourth-order valence-corrected chi connectivity index (χ4v) is 0.657. The third kappa shape index (κ3) is 1.53. The normalized spacial score (nSPS) is 8.67. The molecular weight excluding hydrogens is 158 g/mol. The summed E-state index contributed by atoms with van der Waals surface area (Å²) < 4.78 is 4.86. The molecule has 1 aromatic heterocycles. The number of carbonyl (C=O) groups is 1. The van der Waals surface area contributed by atoms with Crippen molar-refractivity contribution in [2.75, 3.05) is 0 Å². The molecule has 0 spiro atoms. The van der Waals surface area contributed by atoms with Gasteiger partial charge in [-0.15, -0.1) is 0 Å². The maximum atomic E-state index is 10.9. The Kier molecular flexibility index (Phi) is 2.30. The maximum absolute atomic E-state index is 10.9. The van der Waals surface area contributed by atoms with Crippen LogP contribution in [-0.2, 0) is 4.79 Å². The van der Waals surface area contributed by atoms with Gasteiger partial charge in [0.2, 0.25) is 0 Å². The zero-order valence-electron chi connectivity index (χ0n) is 6.10. The van der Waals surface area contributed by atoms with Gasteiger partial charge in [-0.2, -0.15) is 0 Å². The van der Waals surface area contributed by atoms with Crippen LogP contribution in [0.3, 0.4) is 0 Å². The molecule has 0 aliphatic carbocycles. The van der Waals surface area contributed by atoms with Gasteiger partial charge in [-0.1, -0.05) is 6.58 Å². The van der Waals surface area contributed by atoms with Gasteiger partial charge in [-0.3, -0.25) is 4.79 Å². The van der Waals surface area contributed by atoms with E-state index in [0.29, 0.717) is 5.76 Å². The third-order valence-corrected chi connectivity index (χ3v) is 1.21. The molecule has 0 atom stereocenters. The summed E-state index contributed by atoms with van der Waals surface area (Å²) in [5, 5.41) is 2.86. The maximum Gasteiger partial charge on any atom is 0.252 e. The predicted octanol–water partition coefficient (Wildman–Crippen LogP) is 2.13. The first kappa shape index (κ1) is 8.10. The molecule has 1 amide bonds. The van der Waals surface area contributed by atoms with Crippen molar-refractivity contribution in [3.8, 4) is 0 Å². The van der Waals surface area contributed by atoms with Crippen LogP contribution < -0.4 is 0 Å². The first-order chi connectivity index (χ1) is 5.75. The summed E-state index contributed by atoms with van der Waals surface area (Å²) in [4.78, 5) is 13.2.